The Bertz CT molecular complexity index is 1630. The van der Waals surface area contributed by atoms with Crippen LogP contribution in [0.15, 0.2) is 65.6 Å². The predicted molar refractivity (Wildman–Crippen MR) is 166 cm³/mol. The molecule has 2 heterocycles. The van der Waals surface area contributed by atoms with Gasteiger partial charge < -0.3 is 10.3 Å². The fourth-order valence-corrected chi connectivity index (χ4v) is 7.16. The number of fused-ring (bicyclic) bond motifs is 1. The van der Waals surface area contributed by atoms with Gasteiger partial charge in [0.2, 0.25) is 11.8 Å². The van der Waals surface area contributed by atoms with Crippen molar-refractivity contribution in [3.63, 3.8) is 0 Å². The van der Waals surface area contributed by atoms with E-state index in [1.807, 2.05) is 74.8 Å². The highest BCUT2D eigenvalue weighted by Gasteiger charge is 2.50. The first-order valence-corrected chi connectivity index (χ1v) is 15.4. The molecule has 2 amide bonds. The van der Waals surface area contributed by atoms with E-state index in [9.17, 15) is 14.4 Å². The normalized spacial score (nSPS) is 17.3. The zero-order valence-corrected chi connectivity index (χ0v) is 24.7. The van der Waals surface area contributed by atoms with E-state index in [2.05, 4.69) is 10.3 Å². The van der Waals surface area contributed by atoms with Crippen molar-refractivity contribution in [3.05, 3.63) is 82.4 Å². The Balaban J connectivity index is 1.49. The lowest BCUT2D eigenvalue weighted by molar-refractivity contribution is -0.132. The van der Waals surface area contributed by atoms with Gasteiger partial charge in [-0.05, 0) is 56.4 Å². The summed E-state index contributed by atoms with van der Waals surface area (Å²) in [6.07, 6.45) is 11.0. The molecule has 4 aromatic rings. The molecule has 6 rings (SSSR count). The maximum atomic E-state index is 14.7. The number of anilines is 1. The minimum absolute atomic E-state index is 0.0849. The molecule has 0 aliphatic heterocycles. The zero-order chi connectivity index (χ0) is 29.3. The third-order valence-corrected chi connectivity index (χ3v) is 9.49. The van der Waals surface area contributed by atoms with E-state index in [-0.39, 0.29) is 29.8 Å². The van der Waals surface area contributed by atoms with Crippen LogP contribution in [-0.2, 0) is 23.1 Å². The molecular formula is C34H41N5O3. The first-order chi connectivity index (χ1) is 20.4. The van der Waals surface area contributed by atoms with Crippen molar-refractivity contribution in [1.82, 2.24) is 19.7 Å². The average Bonchev–Trinajstić information content (AvgIpc) is 3.52. The maximum absolute atomic E-state index is 14.7. The van der Waals surface area contributed by atoms with Crippen molar-refractivity contribution in [2.75, 3.05) is 4.90 Å². The lowest BCUT2D eigenvalue weighted by atomic mass is 9.78. The number of hydrogen-bond donors (Lipinski definition) is 2. The standard InChI is InChI=1S/C34H41N5O3/c1-24-31(32(41)39(37(24)2)27-16-8-4-9-17-27)38(30(40)22-25-23-35-29-19-11-10-18-28(25)29)34(20-12-5-13-21-34)33(42)36-26-14-6-3-7-15-26/h4,8-11,16-19,23,26,35H,3,5-7,12-15,20-22H2,1-2H3,(H,36,42). The summed E-state index contributed by atoms with van der Waals surface area (Å²) in [6.45, 7) is 1.87. The van der Waals surface area contributed by atoms with Crippen LogP contribution in [0.2, 0.25) is 0 Å². The molecule has 2 aromatic heterocycles. The van der Waals surface area contributed by atoms with Crippen molar-refractivity contribution in [2.24, 2.45) is 7.05 Å². The van der Waals surface area contributed by atoms with Gasteiger partial charge in [0.1, 0.15) is 11.2 Å². The van der Waals surface area contributed by atoms with Crippen molar-refractivity contribution >= 4 is 28.4 Å². The van der Waals surface area contributed by atoms with Crippen LogP contribution >= 0.6 is 0 Å². The fraction of sp³-hybridized carbons (Fsp3) is 0.441. The number of carbonyl (C=O) groups is 2. The second-order valence-electron chi connectivity index (χ2n) is 12.1. The number of amides is 2. The van der Waals surface area contributed by atoms with Gasteiger partial charge in [-0.15, -0.1) is 0 Å². The Kier molecular flexibility index (Phi) is 7.80. The van der Waals surface area contributed by atoms with E-state index in [0.29, 0.717) is 29.9 Å². The molecule has 0 spiro atoms. The second kappa shape index (κ2) is 11.7. The molecule has 8 nitrogen and oxygen atoms in total. The van der Waals surface area contributed by atoms with Crippen molar-refractivity contribution in [2.45, 2.75) is 89.1 Å². The van der Waals surface area contributed by atoms with Crippen LogP contribution in [0.5, 0.6) is 0 Å². The van der Waals surface area contributed by atoms with Gasteiger partial charge in [0.15, 0.2) is 0 Å². The minimum atomic E-state index is -1.13. The summed E-state index contributed by atoms with van der Waals surface area (Å²) >= 11 is 0. The van der Waals surface area contributed by atoms with Gasteiger partial charge in [0, 0.05) is 30.2 Å². The van der Waals surface area contributed by atoms with Gasteiger partial charge in [-0.1, -0.05) is 74.9 Å². The van der Waals surface area contributed by atoms with Gasteiger partial charge in [-0.2, -0.15) is 0 Å². The molecule has 220 valence electrons. The third-order valence-electron chi connectivity index (χ3n) is 9.49. The molecule has 0 radical (unpaired) electrons. The van der Waals surface area contributed by atoms with Crippen LogP contribution in [0.25, 0.3) is 16.6 Å². The number of aromatic nitrogens is 3. The largest absolute Gasteiger partial charge is 0.361 e. The monoisotopic (exact) mass is 567 g/mol. The SMILES string of the molecule is Cc1c(N(C(=O)Cc2c[nH]c3ccccc23)C2(C(=O)NC3CCCCC3)CCCCC2)c(=O)n(-c2ccccc2)n1C. The molecule has 42 heavy (non-hydrogen) atoms. The summed E-state index contributed by atoms with van der Waals surface area (Å²) in [4.78, 5) is 48.5. The smallest absolute Gasteiger partial charge is 0.295 e. The summed E-state index contributed by atoms with van der Waals surface area (Å²) in [5.41, 5.74) is 2.07. The van der Waals surface area contributed by atoms with Crippen LogP contribution in [0.1, 0.15) is 75.5 Å². The molecule has 0 atom stereocenters. The molecule has 0 unspecified atom stereocenters. The van der Waals surface area contributed by atoms with E-state index >= 15 is 0 Å². The minimum Gasteiger partial charge on any atom is -0.361 e. The second-order valence-corrected chi connectivity index (χ2v) is 12.1. The van der Waals surface area contributed by atoms with E-state index in [0.717, 1.165) is 61.4 Å². The van der Waals surface area contributed by atoms with Gasteiger partial charge in [0.05, 0.1) is 17.8 Å². The van der Waals surface area contributed by atoms with E-state index < -0.39 is 5.54 Å². The van der Waals surface area contributed by atoms with Gasteiger partial charge in [-0.25, -0.2) is 4.68 Å². The highest BCUT2D eigenvalue weighted by molar-refractivity contribution is 6.05. The molecule has 2 N–H and O–H groups in total. The Morgan fingerprint density at radius 2 is 1.62 bits per heavy atom. The maximum Gasteiger partial charge on any atom is 0.295 e. The lowest BCUT2D eigenvalue weighted by Gasteiger charge is -2.45. The molecule has 2 aliphatic carbocycles. The van der Waals surface area contributed by atoms with Crippen molar-refractivity contribution in [1.29, 1.82) is 0 Å². The summed E-state index contributed by atoms with van der Waals surface area (Å²) < 4.78 is 3.40. The first kappa shape index (κ1) is 28.1. The van der Waals surface area contributed by atoms with E-state index in [4.69, 9.17) is 0 Å². The highest BCUT2D eigenvalue weighted by Crippen LogP contribution is 2.39. The summed E-state index contributed by atoms with van der Waals surface area (Å²) in [7, 11) is 1.84. The number of benzene rings is 2. The Hall–Kier alpha value is -4.07. The van der Waals surface area contributed by atoms with Crippen LogP contribution in [0.3, 0.4) is 0 Å². The number of rotatable bonds is 7. The number of aromatic amines is 1. The number of H-pyrrole nitrogens is 1. The van der Waals surface area contributed by atoms with Crippen LogP contribution in [0, 0.1) is 6.92 Å². The summed E-state index contributed by atoms with van der Waals surface area (Å²) in [5.74, 6) is -0.346. The summed E-state index contributed by atoms with van der Waals surface area (Å²) in [6, 6.07) is 17.5. The third kappa shape index (κ3) is 4.97. The highest BCUT2D eigenvalue weighted by atomic mass is 16.2. The number of nitrogens with zero attached hydrogens (tertiary/aromatic N) is 3. The molecule has 0 bridgehead atoms. The first-order valence-electron chi connectivity index (χ1n) is 15.4. The zero-order valence-electron chi connectivity index (χ0n) is 24.7. The van der Waals surface area contributed by atoms with E-state index in [1.165, 1.54) is 6.42 Å². The quantitative estimate of drug-likeness (QED) is 0.300. The fourth-order valence-electron chi connectivity index (χ4n) is 7.16. The molecule has 0 saturated heterocycles. The van der Waals surface area contributed by atoms with Gasteiger partial charge >= 0.3 is 0 Å². The van der Waals surface area contributed by atoms with Crippen LogP contribution < -0.4 is 15.8 Å². The van der Waals surface area contributed by atoms with Crippen LogP contribution in [-0.4, -0.2) is 37.7 Å². The van der Waals surface area contributed by atoms with E-state index in [1.54, 1.807) is 14.3 Å². The lowest BCUT2D eigenvalue weighted by Crippen LogP contribution is -2.64. The average molecular weight is 568 g/mol. The molecule has 2 aliphatic rings. The van der Waals surface area contributed by atoms with Crippen molar-refractivity contribution < 1.29 is 9.59 Å². The van der Waals surface area contributed by atoms with Crippen molar-refractivity contribution in [3.8, 4) is 5.69 Å². The number of nitrogens with one attached hydrogen (secondary N) is 2. The molecule has 8 heteroatoms. The Labute approximate surface area is 246 Å². The number of carbonyl (C=O) groups excluding carboxylic acids is 2. The molecule has 2 saturated carbocycles. The Morgan fingerprint density at radius 3 is 2.36 bits per heavy atom. The molecule has 2 aromatic carbocycles. The number of para-hydroxylation sites is 2. The Morgan fingerprint density at radius 1 is 0.952 bits per heavy atom. The predicted octanol–water partition coefficient (Wildman–Crippen LogP) is 5.69. The molecule has 2 fully saturated rings. The van der Waals surface area contributed by atoms with Crippen LogP contribution in [0.4, 0.5) is 5.69 Å². The number of hydrogen-bond acceptors (Lipinski definition) is 3. The topological polar surface area (TPSA) is 92.1 Å². The summed E-state index contributed by atoms with van der Waals surface area (Å²) in [5, 5.41) is 4.33. The van der Waals surface area contributed by atoms with Gasteiger partial charge in [0.25, 0.3) is 5.56 Å². The van der Waals surface area contributed by atoms with Gasteiger partial charge in [-0.3, -0.25) is 24.0 Å². The molecular weight excluding hydrogens is 526 g/mol.